The van der Waals surface area contributed by atoms with Gasteiger partial charge in [0.1, 0.15) is 6.61 Å². The first-order valence-corrected chi connectivity index (χ1v) is 7.69. The van der Waals surface area contributed by atoms with Crippen LogP contribution in [0.25, 0.3) is 0 Å². The van der Waals surface area contributed by atoms with Gasteiger partial charge in [0, 0.05) is 11.6 Å². The molecule has 10 heteroatoms. The SMILES string of the molecule is CCOC(=O)C1=C(COC(=O)c2ccc([N+](=O)[O-])c(C)c2)NC(=O)NC1. The number of rotatable bonds is 6. The van der Waals surface area contributed by atoms with Crippen molar-refractivity contribution in [3.63, 3.8) is 0 Å². The highest BCUT2D eigenvalue weighted by Gasteiger charge is 2.25. The van der Waals surface area contributed by atoms with E-state index in [4.69, 9.17) is 9.47 Å². The second-order valence-electron chi connectivity index (χ2n) is 5.32. The van der Waals surface area contributed by atoms with Crippen LogP contribution in [0.15, 0.2) is 29.5 Å². The van der Waals surface area contributed by atoms with Gasteiger partial charge in [-0.05, 0) is 26.0 Å². The number of carbonyl (C=O) groups is 3. The molecule has 0 unspecified atom stereocenters. The van der Waals surface area contributed by atoms with E-state index in [1.165, 1.54) is 25.1 Å². The summed E-state index contributed by atoms with van der Waals surface area (Å²) in [6, 6.07) is 3.29. The van der Waals surface area contributed by atoms with Crippen LogP contribution in [0.4, 0.5) is 10.5 Å². The average molecular weight is 363 g/mol. The van der Waals surface area contributed by atoms with Gasteiger partial charge in [-0.2, -0.15) is 0 Å². The Labute approximate surface area is 148 Å². The lowest BCUT2D eigenvalue weighted by molar-refractivity contribution is -0.385. The molecule has 138 valence electrons. The van der Waals surface area contributed by atoms with E-state index in [0.29, 0.717) is 5.56 Å². The normalized spacial score (nSPS) is 13.5. The molecule has 10 nitrogen and oxygen atoms in total. The molecule has 0 radical (unpaired) electrons. The van der Waals surface area contributed by atoms with Gasteiger partial charge in [-0.25, -0.2) is 14.4 Å². The number of amides is 2. The minimum atomic E-state index is -0.744. The molecule has 0 saturated carbocycles. The molecule has 0 fully saturated rings. The number of hydrogen-bond donors (Lipinski definition) is 2. The summed E-state index contributed by atoms with van der Waals surface area (Å²) in [7, 11) is 0. The quantitative estimate of drug-likeness (QED) is 0.440. The summed E-state index contributed by atoms with van der Waals surface area (Å²) in [5.41, 5.74) is 0.593. The molecule has 0 aliphatic carbocycles. The molecule has 0 spiro atoms. The monoisotopic (exact) mass is 363 g/mol. The maximum absolute atomic E-state index is 12.1. The Morgan fingerprint density at radius 3 is 2.62 bits per heavy atom. The van der Waals surface area contributed by atoms with Crippen LogP contribution in [0, 0.1) is 17.0 Å². The van der Waals surface area contributed by atoms with Crippen LogP contribution in [-0.2, 0) is 14.3 Å². The molecule has 0 aromatic heterocycles. The molecule has 1 aliphatic rings. The van der Waals surface area contributed by atoms with Crippen molar-refractivity contribution in [3.8, 4) is 0 Å². The van der Waals surface area contributed by atoms with Crippen LogP contribution in [0.5, 0.6) is 0 Å². The Bertz CT molecular complexity index is 801. The van der Waals surface area contributed by atoms with Gasteiger partial charge >= 0.3 is 18.0 Å². The number of aryl methyl sites for hydroxylation is 1. The van der Waals surface area contributed by atoms with Gasteiger partial charge in [0.05, 0.1) is 34.9 Å². The summed E-state index contributed by atoms with van der Waals surface area (Å²) >= 11 is 0. The number of esters is 2. The number of ether oxygens (including phenoxy) is 2. The van der Waals surface area contributed by atoms with E-state index in [9.17, 15) is 24.5 Å². The van der Waals surface area contributed by atoms with Crippen LogP contribution in [0.2, 0.25) is 0 Å². The zero-order chi connectivity index (χ0) is 19.3. The van der Waals surface area contributed by atoms with Crippen molar-refractivity contribution < 1.29 is 28.8 Å². The van der Waals surface area contributed by atoms with Crippen LogP contribution in [0.1, 0.15) is 22.8 Å². The minimum Gasteiger partial charge on any atom is -0.463 e. The fourth-order valence-electron chi connectivity index (χ4n) is 2.28. The zero-order valence-electron chi connectivity index (χ0n) is 14.2. The van der Waals surface area contributed by atoms with E-state index in [1.807, 2.05) is 0 Å². The summed E-state index contributed by atoms with van der Waals surface area (Å²) in [6.07, 6.45) is 0. The van der Waals surface area contributed by atoms with Crippen molar-refractivity contribution in [3.05, 3.63) is 50.7 Å². The highest BCUT2D eigenvalue weighted by molar-refractivity contribution is 5.94. The summed E-state index contributed by atoms with van der Waals surface area (Å²) in [5.74, 6) is -1.37. The van der Waals surface area contributed by atoms with Crippen molar-refractivity contribution in [1.29, 1.82) is 0 Å². The Kier molecular flexibility index (Phi) is 5.89. The maximum atomic E-state index is 12.1. The molecular weight excluding hydrogens is 346 g/mol. The highest BCUT2D eigenvalue weighted by atomic mass is 16.6. The van der Waals surface area contributed by atoms with E-state index >= 15 is 0 Å². The van der Waals surface area contributed by atoms with E-state index < -0.39 is 22.9 Å². The van der Waals surface area contributed by atoms with Gasteiger partial charge in [0.15, 0.2) is 0 Å². The summed E-state index contributed by atoms with van der Waals surface area (Å²) in [4.78, 5) is 45.8. The Morgan fingerprint density at radius 2 is 2.00 bits per heavy atom. The second kappa shape index (κ2) is 8.10. The van der Waals surface area contributed by atoms with Crippen LogP contribution >= 0.6 is 0 Å². The molecular formula is C16H17N3O7. The van der Waals surface area contributed by atoms with Crippen molar-refractivity contribution in [2.45, 2.75) is 13.8 Å². The summed E-state index contributed by atoms with van der Waals surface area (Å²) < 4.78 is 10.0. The molecule has 0 atom stereocenters. The van der Waals surface area contributed by atoms with Crippen molar-refractivity contribution in [2.75, 3.05) is 19.8 Å². The number of nitrogens with one attached hydrogen (secondary N) is 2. The zero-order valence-corrected chi connectivity index (χ0v) is 14.2. The third kappa shape index (κ3) is 4.35. The number of urea groups is 1. The van der Waals surface area contributed by atoms with E-state index in [2.05, 4.69) is 10.6 Å². The predicted octanol–water partition coefficient (Wildman–Crippen LogP) is 1.19. The van der Waals surface area contributed by atoms with Gasteiger partial charge in [-0.1, -0.05) is 0 Å². The third-order valence-corrected chi connectivity index (χ3v) is 3.55. The lowest BCUT2D eigenvalue weighted by Gasteiger charge is -2.21. The van der Waals surface area contributed by atoms with Gasteiger partial charge in [0.25, 0.3) is 5.69 Å². The molecule has 1 aromatic carbocycles. The minimum absolute atomic E-state index is 0.0474. The molecule has 0 bridgehead atoms. The van der Waals surface area contributed by atoms with Gasteiger partial charge < -0.3 is 20.1 Å². The lowest BCUT2D eigenvalue weighted by Crippen LogP contribution is -2.45. The lowest BCUT2D eigenvalue weighted by atomic mass is 10.1. The van der Waals surface area contributed by atoms with Crippen molar-refractivity contribution in [2.24, 2.45) is 0 Å². The number of benzene rings is 1. The maximum Gasteiger partial charge on any atom is 0.338 e. The van der Waals surface area contributed by atoms with E-state index in [-0.39, 0.29) is 42.3 Å². The highest BCUT2D eigenvalue weighted by Crippen LogP contribution is 2.19. The number of nitro benzene ring substituents is 1. The van der Waals surface area contributed by atoms with Gasteiger partial charge in [-0.15, -0.1) is 0 Å². The standard InChI is InChI=1S/C16H17N3O7/c1-3-25-15(21)11-7-17-16(22)18-12(11)8-26-14(20)10-4-5-13(19(23)24)9(2)6-10/h4-6H,3,7-8H2,1-2H3,(H2,17,18,22). The molecule has 2 amide bonds. The topological polar surface area (TPSA) is 137 Å². The molecule has 26 heavy (non-hydrogen) atoms. The van der Waals surface area contributed by atoms with Crippen LogP contribution in [0.3, 0.4) is 0 Å². The number of carbonyl (C=O) groups excluding carboxylic acids is 3. The molecule has 2 N–H and O–H groups in total. The molecule has 2 rings (SSSR count). The van der Waals surface area contributed by atoms with Crippen molar-refractivity contribution in [1.82, 2.24) is 10.6 Å². The van der Waals surface area contributed by atoms with Gasteiger partial charge in [0.2, 0.25) is 0 Å². The number of nitrogens with zero attached hydrogens (tertiary/aromatic N) is 1. The Morgan fingerprint density at radius 1 is 1.27 bits per heavy atom. The predicted molar refractivity (Wildman–Crippen MR) is 88.3 cm³/mol. The van der Waals surface area contributed by atoms with E-state index in [1.54, 1.807) is 6.92 Å². The smallest absolute Gasteiger partial charge is 0.338 e. The first kappa shape index (κ1) is 18.9. The van der Waals surface area contributed by atoms with Crippen LogP contribution in [-0.4, -0.2) is 42.7 Å². The van der Waals surface area contributed by atoms with Crippen molar-refractivity contribution >= 4 is 23.7 Å². The van der Waals surface area contributed by atoms with Crippen LogP contribution < -0.4 is 10.6 Å². The number of hydrogen-bond acceptors (Lipinski definition) is 7. The molecule has 1 heterocycles. The Hall–Kier alpha value is -3.43. The largest absolute Gasteiger partial charge is 0.463 e. The van der Waals surface area contributed by atoms with E-state index in [0.717, 1.165) is 0 Å². The number of nitro groups is 1. The first-order valence-electron chi connectivity index (χ1n) is 7.69. The fraction of sp³-hybridized carbons (Fsp3) is 0.312. The summed E-state index contributed by atoms with van der Waals surface area (Å²) in [5, 5.41) is 15.7. The molecule has 0 saturated heterocycles. The third-order valence-electron chi connectivity index (χ3n) is 3.55. The van der Waals surface area contributed by atoms with Gasteiger partial charge in [-0.3, -0.25) is 10.1 Å². The molecule has 1 aromatic rings. The molecule has 1 aliphatic heterocycles. The summed E-state index contributed by atoms with van der Waals surface area (Å²) in [6.45, 7) is 2.91. The fourth-order valence-corrected chi connectivity index (χ4v) is 2.28. The average Bonchev–Trinajstić information content (AvgIpc) is 2.59. The second-order valence-corrected chi connectivity index (χ2v) is 5.32. The Balaban J connectivity index is 2.13. The first-order chi connectivity index (χ1) is 12.3.